The molecule has 2 aromatic rings. The van der Waals surface area contributed by atoms with Gasteiger partial charge in [0.05, 0.1) is 0 Å². The van der Waals surface area contributed by atoms with Crippen LogP contribution in [-0.2, 0) is 6.42 Å². The van der Waals surface area contributed by atoms with Crippen molar-refractivity contribution < 1.29 is 4.39 Å². The smallest absolute Gasteiger partial charge is 0.126 e. The van der Waals surface area contributed by atoms with Crippen LogP contribution >= 0.6 is 23.4 Å². The molecule has 20 heavy (non-hydrogen) atoms. The van der Waals surface area contributed by atoms with Crippen molar-refractivity contribution in [1.29, 1.82) is 0 Å². The van der Waals surface area contributed by atoms with Gasteiger partial charge in [0.15, 0.2) is 0 Å². The van der Waals surface area contributed by atoms with Gasteiger partial charge in [-0.25, -0.2) is 4.39 Å². The fourth-order valence-electron chi connectivity index (χ4n) is 2.64. The molecule has 1 aliphatic rings. The minimum absolute atomic E-state index is 0.0980. The second-order valence-corrected chi connectivity index (χ2v) is 6.56. The zero-order valence-corrected chi connectivity index (χ0v) is 12.4. The first-order chi connectivity index (χ1) is 9.65. The van der Waals surface area contributed by atoms with E-state index < -0.39 is 0 Å². The quantitative estimate of drug-likeness (QED) is 0.918. The number of thioether (sulfide) groups is 1. The highest BCUT2D eigenvalue weighted by Gasteiger charge is 2.28. The normalized spacial score (nSPS) is 18.9. The Morgan fingerprint density at radius 3 is 2.95 bits per heavy atom. The second kappa shape index (κ2) is 5.76. The van der Waals surface area contributed by atoms with E-state index in [9.17, 15) is 4.39 Å². The van der Waals surface area contributed by atoms with E-state index in [1.165, 1.54) is 16.5 Å². The van der Waals surface area contributed by atoms with Gasteiger partial charge in [0.2, 0.25) is 0 Å². The molecule has 4 heteroatoms. The summed E-state index contributed by atoms with van der Waals surface area (Å²) in [4.78, 5) is 1.29. The van der Waals surface area contributed by atoms with Crippen LogP contribution in [0.1, 0.15) is 17.0 Å². The molecule has 0 amide bonds. The number of rotatable bonds is 3. The first-order valence-electron chi connectivity index (χ1n) is 6.56. The third-order valence-electron chi connectivity index (χ3n) is 3.72. The van der Waals surface area contributed by atoms with E-state index >= 15 is 0 Å². The molecule has 0 bridgehead atoms. The summed E-state index contributed by atoms with van der Waals surface area (Å²) in [7, 11) is 0. The highest BCUT2D eigenvalue weighted by Crippen LogP contribution is 2.41. The largest absolute Gasteiger partial charge is 0.327 e. The molecule has 2 N–H and O–H groups in total. The summed E-state index contributed by atoms with van der Waals surface area (Å²) in [5, 5.41) is 0.551. The SMILES string of the molecule is NC(Cc1cc(Cl)ccc1F)C1CSc2ccccc21. The number of benzene rings is 2. The maximum absolute atomic E-state index is 13.8. The van der Waals surface area contributed by atoms with Crippen LogP contribution in [0, 0.1) is 5.82 Å². The maximum atomic E-state index is 13.8. The van der Waals surface area contributed by atoms with Crippen molar-refractivity contribution in [3.05, 3.63) is 64.4 Å². The monoisotopic (exact) mass is 307 g/mol. The summed E-state index contributed by atoms with van der Waals surface area (Å²) < 4.78 is 13.8. The molecule has 0 fully saturated rings. The minimum atomic E-state index is -0.233. The van der Waals surface area contributed by atoms with Gasteiger partial charge < -0.3 is 5.73 Å². The number of fused-ring (bicyclic) bond motifs is 1. The summed E-state index contributed by atoms with van der Waals surface area (Å²) in [5.74, 6) is 1.00. The second-order valence-electron chi connectivity index (χ2n) is 5.06. The van der Waals surface area contributed by atoms with E-state index in [1.807, 2.05) is 23.9 Å². The van der Waals surface area contributed by atoms with Crippen molar-refractivity contribution in [2.45, 2.75) is 23.3 Å². The maximum Gasteiger partial charge on any atom is 0.126 e. The van der Waals surface area contributed by atoms with Gasteiger partial charge in [-0.2, -0.15) is 0 Å². The number of halogens is 2. The van der Waals surface area contributed by atoms with Crippen molar-refractivity contribution in [3.8, 4) is 0 Å². The van der Waals surface area contributed by atoms with Gasteiger partial charge in [-0.1, -0.05) is 29.8 Å². The van der Waals surface area contributed by atoms with Crippen molar-refractivity contribution >= 4 is 23.4 Å². The first kappa shape index (κ1) is 13.9. The summed E-state index contributed by atoms with van der Waals surface area (Å²) in [6, 6.07) is 12.8. The fraction of sp³-hybridized carbons (Fsp3) is 0.250. The Kier molecular flexibility index (Phi) is 4.01. The Bertz CT molecular complexity index is 632. The molecular weight excluding hydrogens is 293 g/mol. The zero-order valence-electron chi connectivity index (χ0n) is 10.9. The minimum Gasteiger partial charge on any atom is -0.327 e. The van der Waals surface area contributed by atoms with Gasteiger partial charge in [0, 0.05) is 27.6 Å². The molecule has 2 unspecified atom stereocenters. The Morgan fingerprint density at radius 1 is 1.30 bits per heavy atom. The van der Waals surface area contributed by atoms with Gasteiger partial charge in [0.25, 0.3) is 0 Å². The van der Waals surface area contributed by atoms with E-state index in [0.717, 1.165) is 5.75 Å². The molecule has 0 spiro atoms. The van der Waals surface area contributed by atoms with Crippen molar-refractivity contribution in [2.24, 2.45) is 5.73 Å². The third kappa shape index (κ3) is 2.71. The fourth-order valence-corrected chi connectivity index (χ4v) is 4.18. The highest BCUT2D eigenvalue weighted by atomic mass is 35.5. The van der Waals surface area contributed by atoms with Crippen LogP contribution in [0.15, 0.2) is 47.4 Å². The number of hydrogen-bond donors (Lipinski definition) is 1. The van der Waals surface area contributed by atoms with Gasteiger partial charge >= 0.3 is 0 Å². The van der Waals surface area contributed by atoms with Crippen LogP contribution < -0.4 is 5.73 Å². The van der Waals surface area contributed by atoms with Crippen LogP contribution in [0.4, 0.5) is 4.39 Å². The molecular formula is C16H15ClFNS. The Hall–Kier alpha value is -1.03. The molecule has 3 rings (SSSR count). The molecule has 1 aliphatic heterocycles. The highest BCUT2D eigenvalue weighted by molar-refractivity contribution is 7.99. The predicted octanol–water partition coefficient (Wildman–Crippen LogP) is 4.24. The van der Waals surface area contributed by atoms with Crippen LogP contribution in [0.2, 0.25) is 5.02 Å². The molecule has 0 aliphatic carbocycles. The summed E-state index contributed by atoms with van der Waals surface area (Å²) in [6.07, 6.45) is 0.506. The van der Waals surface area contributed by atoms with Crippen molar-refractivity contribution in [2.75, 3.05) is 5.75 Å². The molecule has 0 saturated heterocycles. The van der Waals surface area contributed by atoms with Gasteiger partial charge in [-0.05, 0) is 41.8 Å². The van der Waals surface area contributed by atoms with E-state index in [-0.39, 0.29) is 17.8 Å². The lowest BCUT2D eigenvalue weighted by atomic mass is 9.89. The van der Waals surface area contributed by atoms with E-state index in [0.29, 0.717) is 17.0 Å². The van der Waals surface area contributed by atoms with Crippen LogP contribution in [0.25, 0.3) is 0 Å². The Labute approximate surface area is 127 Å². The summed E-state index contributed by atoms with van der Waals surface area (Å²) in [5.41, 5.74) is 8.20. The lowest BCUT2D eigenvalue weighted by molar-refractivity contribution is 0.544. The van der Waals surface area contributed by atoms with Gasteiger partial charge in [-0.15, -0.1) is 11.8 Å². The molecule has 2 atom stereocenters. The van der Waals surface area contributed by atoms with Crippen LogP contribution in [-0.4, -0.2) is 11.8 Å². The number of hydrogen-bond acceptors (Lipinski definition) is 2. The standard InChI is InChI=1S/C16H15ClFNS/c17-11-5-6-14(18)10(7-11)8-15(19)13-9-20-16-4-2-1-3-12(13)16/h1-7,13,15H,8-9,19H2. The van der Waals surface area contributed by atoms with Crippen LogP contribution in [0.5, 0.6) is 0 Å². The Balaban J connectivity index is 1.81. The van der Waals surface area contributed by atoms with E-state index in [4.69, 9.17) is 17.3 Å². The van der Waals surface area contributed by atoms with Crippen LogP contribution in [0.3, 0.4) is 0 Å². The van der Waals surface area contributed by atoms with Gasteiger partial charge in [0.1, 0.15) is 5.82 Å². The zero-order chi connectivity index (χ0) is 14.1. The summed E-state index contributed by atoms with van der Waals surface area (Å²) >= 11 is 7.75. The average Bonchev–Trinajstić information content (AvgIpc) is 2.87. The predicted molar refractivity (Wildman–Crippen MR) is 83.0 cm³/mol. The molecule has 0 saturated carbocycles. The summed E-state index contributed by atoms with van der Waals surface area (Å²) in [6.45, 7) is 0. The van der Waals surface area contributed by atoms with Crippen molar-refractivity contribution in [3.63, 3.8) is 0 Å². The topological polar surface area (TPSA) is 26.0 Å². The lowest BCUT2D eigenvalue weighted by Crippen LogP contribution is -2.31. The number of nitrogens with two attached hydrogens (primary N) is 1. The lowest BCUT2D eigenvalue weighted by Gasteiger charge is -2.20. The van der Waals surface area contributed by atoms with Crippen molar-refractivity contribution in [1.82, 2.24) is 0 Å². The first-order valence-corrected chi connectivity index (χ1v) is 7.93. The van der Waals surface area contributed by atoms with E-state index in [1.54, 1.807) is 12.1 Å². The molecule has 1 nitrogen and oxygen atoms in total. The molecule has 1 heterocycles. The molecule has 104 valence electrons. The Morgan fingerprint density at radius 2 is 2.10 bits per heavy atom. The average molecular weight is 308 g/mol. The van der Waals surface area contributed by atoms with Gasteiger partial charge in [-0.3, -0.25) is 0 Å². The molecule has 0 aromatic heterocycles. The van der Waals surface area contributed by atoms with E-state index in [2.05, 4.69) is 12.1 Å². The third-order valence-corrected chi connectivity index (χ3v) is 5.16. The molecule has 0 radical (unpaired) electrons. The molecule has 2 aromatic carbocycles.